The van der Waals surface area contributed by atoms with Gasteiger partial charge in [0.15, 0.2) is 0 Å². The number of rotatable bonds is 4. The monoisotopic (exact) mass is 363 g/mol. The van der Waals surface area contributed by atoms with Crippen LogP contribution < -0.4 is 10.4 Å². The number of ether oxygens (including phenoxy) is 1. The smallest absolute Gasteiger partial charge is 0.349 e. The van der Waals surface area contributed by atoms with E-state index in [2.05, 4.69) is 0 Å². The molecule has 1 aromatic heterocycles. The van der Waals surface area contributed by atoms with E-state index < -0.39 is 5.63 Å². The predicted octanol–water partition coefficient (Wildman–Crippen LogP) is 4.17. The van der Waals surface area contributed by atoms with E-state index in [1.807, 2.05) is 43.3 Å². The average Bonchev–Trinajstić information content (AvgIpc) is 3.17. The molecule has 2 aromatic carbocycles. The van der Waals surface area contributed by atoms with Crippen molar-refractivity contribution in [2.75, 3.05) is 13.2 Å². The van der Waals surface area contributed by atoms with Crippen molar-refractivity contribution >= 4 is 16.9 Å². The molecule has 1 unspecified atom stereocenters. The van der Waals surface area contributed by atoms with Gasteiger partial charge in [-0.15, -0.1) is 0 Å². The molecule has 5 nitrogen and oxygen atoms in total. The van der Waals surface area contributed by atoms with Gasteiger partial charge in [0.2, 0.25) is 0 Å². The Bertz CT molecular complexity index is 1020. The van der Waals surface area contributed by atoms with Gasteiger partial charge in [0.1, 0.15) is 16.9 Å². The van der Waals surface area contributed by atoms with Crippen molar-refractivity contribution in [3.05, 3.63) is 76.1 Å². The summed E-state index contributed by atoms with van der Waals surface area (Å²) < 4.78 is 10.8. The summed E-state index contributed by atoms with van der Waals surface area (Å²) >= 11 is 0. The molecule has 138 valence electrons. The Hall–Kier alpha value is -3.08. The van der Waals surface area contributed by atoms with Crippen LogP contribution in [0.1, 0.15) is 41.7 Å². The first-order valence-corrected chi connectivity index (χ1v) is 9.24. The van der Waals surface area contributed by atoms with Crippen molar-refractivity contribution in [1.29, 1.82) is 0 Å². The maximum absolute atomic E-state index is 13.1. The van der Waals surface area contributed by atoms with Crippen LogP contribution in [-0.4, -0.2) is 24.0 Å². The van der Waals surface area contributed by atoms with Crippen LogP contribution in [0.25, 0.3) is 11.0 Å². The average molecular weight is 363 g/mol. The molecule has 0 spiro atoms. The van der Waals surface area contributed by atoms with Gasteiger partial charge < -0.3 is 14.1 Å². The highest BCUT2D eigenvalue weighted by Gasteiger charge is 2.32. The van der Waals surface area contributed by atoms with Gasteiger partial charge in [-0.3, -0.25) is 4.79 Å². The van der Waals surface area contributed by atoms with Gasteiger partial charge >= 0.3 is 5.63 Å². The van der Waals surface area contributed by atoms with Gasteiger partial charge in [-0.05, 0) is 49.6 Å². The number of nitrogens with zero attached hydrogens (tertiary/aromatic N) is 1. The Morgan fingerprint density at radius 2 is 1.96 bits per heavy atom. The second-order valence-corrected chi connectivity index (χ2v) is 6.64. The van der Waals surface area contributed by atoms with E-state index in [4.69, 9.17) is 9.15 Å². The highest BCUT2D eigenvalue weighted by atomic mass is 16.5. The number of hydrogen-bond acceptors (Lipinski definition) is 4. The predicted molar refractivity (Wildman–Crippen MR) is 103 cm³/mol. The number of carbonyl (C=O) groups is 1. The summed E-state index contributed by atoms with van der Waals surface area (Å²) in [4.78, 5) is 27.2. The summed E-state index contributed by atoms with van der Waals surface area (Å²) in [5, 5.41) is 0.747. The second-order valence-electron chi connectivity index (χ2n) is 6.64. The molecule has 5 heteroatoms. The molecule has 0 radical (unpaired) electrons. The Balaban J connectivity index is 1.64. The van der Waals surface area contributed by atoms with Gasteiger partial charge in [0.25, 0.3) is 5.91 Å². The number of likely N-dealkylation sites (tertiary alicyclic amines) is 1. The molecule has 0 bridgehead atoms. The number of fused-ring (bicyclic) bond motifs is 1. The van der Waals surface area contributed by atoms with Gasteiger partial charge in [0, 0.05) is 11.9 Å². The van der Waals surface area contributed by atoms with Crippen LogP contribution in [0.15, 0.2) is 63.8 Å². The summed E-state index contributed by atoms with van der Waals surface area (Å²) in [6, 6.07) is 16.6. The van der Waals surface area contributed by atoms with Crippen molar-refractivity contribution < 1.29 is 13.9 Å². The maximum atomic E-state index is 13.1. The highest BCUT2D eigenvalue weighted by Crippen LogP contribution is 2.33. The first-order chi connectivity index (χ1) is 13.2. The van der Waals surface area contributed by atoms with E-state index in [-0.39, 0.29) is 17.5 Å². The number of amides is 1. The minimum Gasteiger partial charge on any atom is -0.494 e. The van der Waals surface area contributed by atoms with Crippen LogP contribution in [0.5, 0.6) is 5.75 Å². The third-order valence-corrected chi connectivity index (χ3v) is 4.96. The SMILES string of the molecule is CCOc1ccc(C2CCCN2C(=O)c2cc3ccccc3oc2=O)cc1. The Morgan fingerprint density at radius 3 is 2.74 bits per heavy atom. The van der Waals surface area contributed by atoms with Gasteiger partial charge in [-0.2, -0.15) is 0 Å². The van der Waals surface area contributed by atoms with Crippen molar-refractivity contribution in [3.8, 4) is 5.75 Å². The van der Waals surface area contributed by atoms with Crippen molar-refractivity contribution in [1.82, 2.24) is 4.90 Å². The molecule has 1 amide bonds. The number of hydrogen-bond donors (Lipinski definition) is 0. The first-order valence-electron chi connectivity index (χ1n) is 9.24. The zero-order chi connectivity index (χ0) is 18.8. The molecule has 4 rings (SSSR count). The fourth-order valence-corrected chi connectivity index (χ4v) is 3.67. The zero-order valence-corrected chi connectivity index (χ0v) is 15.2. The number of carbonyl (C=O) groups excluding carboxylic acids is 1. The molecule has 1 aliphatic heterocycles. The quantitative estimate of drug-likeness (QED) is 0.653. The van der Waals surface area contributed by atoms with Crippen LogP contribution in [0.2, 0.25) is 0 Å². The molecule has 1 saturated heterocycles. The van der Waals surface area contributed by atoms with Crippen molar-refractivity contribution in [2.24, 2.45) is 0 Å². The lowest BCUT2D eigenvalue weighted by atomic mass is 10.0. The molecule has 1 aliphatic rings. The van der Waals surface area contributed by atoms with Crippen LogP contribution in [0, 0.1) is 0 Å². The molecule has 0 N–H and O–H groups in total. The Kier molecular flexibility index (Phi) is 4.67. The lowest BCUT2D eigenvalue weighted by Gasteiger charge is -2.25. The van der Waals surface area contributed by atoms with E-state index in [9.17, 15) is 9.59 Å². The largest absolute Gasteiger partial charge is 0.494 e. The van der Waals surface area contributed by atoms with E-state index in [1.165, 1.54) is 0 Å². The van der Waals surface area contributed by atoms with Crippen molar-refractivity contribution in [3.63, 3.8) is 0 Å². The zero-order valence-electron chi connectivity index (χ0n) is 15.2. The van der Waals surface area contributed by atoms with Crippen LogP contribution in [0.4, 0.5) is 0 Å². The van der Waals surface area contributed by atoms with Gasteiger partial charge in [0.05, 0.1) is 12.6 Å². The third-order valence-electron chi connectivity index (χ3n) is 4.96. The fourth-order valence-electron chi connectivity index (χ4n) is 3.67. The minimum absolute atomic E-state index is 0.0425. The normalized spacial score (nSPS) is 16.6. The Morgan fingerprint density at radius 1 is 1.19 bits per heavy atom. The molecule has 0 aliphatic carbocycles. The maximum Gasteiger partial charge on any atom is 0.349 e. The summed E-state index contributed by atoms with van der Waals surface area (Å²) in [5.74, 6) is 0.540. The minimum atomic E-state index is -0.587. The van der Waals surface area contributed by atoms with E-state index >= 15 is 0 Å². The summed E-state index contributed by atoms with van der Waals surface area (Å²) in [6.07, 6.45) is 1.78. The second kappa shape index (κ2) is 7.27. The summed E-state index contributed by atoms with van der Waals surface area (Å²) in [6.45, 7) is 3.19. The van der Waals surface area contributed by atoms with Crippen LogP contribution >= 0.6 is 0 Å². The number of benzene rings is 2. The van der Waals surface area contributed by atoms with Gasteiger partial charge in [-0.25, -0.2) is 4.79 Å². The molecular weight excluding hydrogens is 342 g/mol. The molecule has 0 saturated carbocycles. The lowest BCUT2D eigenvalue weighted by molar-refractivity contribution is 0.0731. The third kappa shape index (κ3) is 3.33. The summed E-state index contributed by atoms with van der Waals surface area (Å²) in [5.41, 5.74) is 1.04. The fraction of sp³-hybridized carbons (Fsp3) is 0.273. The molecule has 3 aromatic rings. The molecular formula is C22H21NO4. The number of para-hydroxylation sites is 1. The Labute approximate surface area is 157 Å². The summed E-state index contributed by atoms with van der Waals surface area (Å²) in [7, 11) is 0. The van der Waals surface area contributed by atoms with E-state index in [1.54, 1.807) is 23.1 Å². The highest BCUT2D eigenvalue weighted by molar-refractivity contribution is 5.97. The molecule has 1 fully saturated rings. The standard InChI is InChI=1S/C22H21NO4/c1-2-26-17-11-9-15(10-12-17)19-7-5-13-23(19)21(24)18-14-16-6-3-4-8-20(16)27-22(18)25/h3-4,6,8-12,14,19H,2,5,7,13H2,1H3. The first kappa shape index (κ1) is 17.3. The van der Waals surface area contributed by atoms with Crippen molar-refractivity contribution in [2.45, 2.75) is 25.8 Å². The van der Waals surface area contributed by atoms with E-state index in [0.717, 1.165) is 29.5 Å². The molecule has 2 heterocycles. The lowest BCUT2D eigenvalue weighted by Crippen LogP contribution is -2.33. The van der Waals surface area contributed by atoms with Gasteiger partial charge in [-0.1, -0.05) is 30.3 Å². The molecule has 27 heavy (non-hydrogen) atoms. The van der Waals surface area contributed by atoms with Crippen LogP contribution in [0.3, 0.4) is 0 Å². The molecule has 1 atom stereocenters. The van der Waals surface area contributed by atoms with E-state index in [0.29, 0.717) is 18.7 Å². The van der Waals surface area contributed by atoms with Crippen LogP contribution in [-0.2, 0) is 0 Å². The topological polar surface area (TPSA) is 59.8 Å².